The van der Waals surface area contributed by atoms with Gasteiger partial charge in [-0.3, -0.25) is 4.68 Å². The van der Waals surface area contributed by atoms with Crippen LogP contribution < -0.4 is 10.2 Å². The molecule has 1 atom stereocenters. The van der Waals surface area contributed by atoms with Crippen LogP contribution in [0.3, 0.4) is 0 Å². The third kappa shape index (κ3) is 4.13. The number of nitrogens with zero attached hydrogens (tertiary/aromatic N) is 4. The van der Waals surface area contributed by atoms with Crippen LogP contribution in [0.5, 0.6) is 0 Å². The Kier molecular flexibility index (Phi) is 6.21. The molecule has 1 aliphatic rings. The first-order valence-corrected chi connectivity index (χ1v) is 9.97. The summed E-state index contributed by atoms with van der Waals surface area (Å²) in [7, 11) is 1.92. The van der Waals surface area contributed by atoms with Gasteiger partial charge in [0, 0.05) is 44.5 Å². The van der Waals surface area contributed by atoms with E-state index in [-0.39, 0.29) is 17.9 Å². The molecule has 2 amide bonds. The summed E-state index contributed by atoms with van der Waals surface area (Å²) in [5, 5.41) is 7.66. The first-order chi connectivity index (χ1) is 13.4. The molecule has 1 aromatic carbocycles. The molecule has 1 aliphatic heterocycles. The molecule has 2 heterocycles. The molecular formula is C21H30FN5O. The number of anilines is 1. The maximum atomic E-state index is 14.1. The lowest BCUT2D eigenvalue weighted by Crippen LogP contribution is -2.43. The van der Waals surface area contributed by atoms with Gasteiger partial charge in [-0.15, -0.1) is 0 Å². The number of benzene rings is 1. The molecule has 0 spiro atoms. The summed E-state index contributed by atoms with van der Waals surface area (Å²) in [4.78, 5) is 16.8. The molecule has 0 radical (unpaired) electrons. The summed E-state index contributed by atoms with van der Waals surface area (Å²) in [6, 6.07) is 6.69. The third-order valence-corrected chi connectivity index (χ3v) is 5.60. The smallest absolute Gasteiger partial charge is 0.317 e. The van der Waals surface area contributed by atoms with Crippen molar-refractivity contribution in [3.63, 3.8) is 0 Å². The van der Waals surface area contributed by atoms with Crippen molar-refractivity contribution in [2.24, 2.45) is 7.05 Å². The van der Waals surface area contributed by atoms with Crippen molar-refractivity contribution in [3.05, 3.63) is 47.0 Å². The minimum Gasteiger partial charge on any atom is -0.367 e. The standard InChI is InChI=1S/C21H30FN5O/c1-5-18(20-15(2)24-25(4)16(20)3)23-21(28)27-12-8-11-26(13-14-27)19-10-7-6-9-17(19)22/h6-7,9-10,18H,5,8,11-14H2,1-4H3,(H,23,28). The Hall–Kier alpha value is -2.57. The van der Waals surface area contributed by atoms with E-state index in [0.29, 0.717) is 25.3 Å². The summed E-state index contributed by atoms with van der Waals surface area (Å²) >= 11 is 0. The summed E-state index contributed by atoms with van der Waals surface area (Å²) < 4.78 is 16.0. The summed E-state index contributed by atoms with van der Waals surface area (Å²) in [5.41, 5.74) is 3.74. The van der Waals surface area contributed by atoms with Crippen LogP contribution in [0.4, 0.5) is 14.9 Å². The molecule has 3 rings (SSSR count). The van der Waals surface area contributed by atoms with Gasteiger partial charge in [-0.2, -0.15) is 5.10 Å². The normalized spacial score (nSPS) is 16.0. The summed E-state index contributed by atoms with van der Waals surface area (Å²) in [5.74, 6) is -0.214. The zero-order valence-electron chi connectivity index (χ0n) is 17.2. The average Bonchev–Trinajstić information content (AvgIpc) is 2.84. The van der Waals surface area contributed by atoms with Crippen LogP contribution in [-0.2, 0) is 7.05 Å². The number of nitrogens with one attached hydrogen (secondary N) is 1. The quantitative estimate of drug-likeness (QED) is 0.873. The Bertz CT molecular complexity index is 834. The molecule has 1 aromatic heterocycles. The van der Waals surface area contributed by atoms with Crippen LogP contribution in [0.25, 0.3) is 0 Å². The number of para-hydroxylation sites is 1. The maximum Gasteiger partial charge on any atom is 0.317 e. The summed E-state index contributed by atoms with van der Waals surface area (Å²) in [6.07, 6.45) is 1.61. The van der Waals surface area contributed by atoms with Gasteiger partial charge in [-0.1, -0.05) is 19.1 Å². The van der Waals surface area contributed by atoms with Crippen molar-refractivity contribution < 1.29 is 9.18 Å². The number of urea groups is 1. The van der Waals surface area contributed by atoms with Crippen molar-refractivity contribution in [2.75, 3.05) is 31.1 Å². The molecule has 2 aromatic rings. The molecule has 0 aliphatic carbocycles. The van der Waals surface area contributed by atoms with Crippen LogP contribution in [0.2, 0.25) is 0 Å². The number of aryl methyl sites for hydroxylation is 2. The van der Waals surface area contributed by atoms with Gasteiger partial charge in [0.1, 0.15) is 5.82 Å². The van der Waals surface area contributed by atoms with E-state index >= 15 is 0 Å². The number of rotatable bonds is 4. The van der Waals surface area contributed by atoms with E-state index in [1.807, 2.05) is 41.4 Å². The van der Waals surface area contributed by atoms with Gasteiger partial charge in [0.2, 0.25) is 0 Å². The fourth-order valence-corrected chi connectivity index (χ4v) is 3.98. The maximum absolute atomic E-state index is 14.1. The van der Waals surface area contributed by atoms with Gasteiger partial charge in [-0.25, -0.2) is 9.18 Å². The van der Waals surface area contributed by atoms with Gasteiger partial charge in [0.15, 0.2) is 0 Å². The Morgan fingerprint density at radius 2 is 1.96 bits per heavy atom. The van der Waals surface area contributed by atoms with E-state index in [4.69, 9.17) is 0 Å². The van der Waals surface area contributed by atoms with E-state index in [1.54, 1.807) is 12.1 Å². The van der Waals surface area contributed by atoms with E-state index in [9.17, 15) is 9.18 Å². The molecule has 152 valence electrons. The highest BCUT2D eigenvalue weighted by atomic mass is 19.1. The first kappa shape index (κ1) is 20.2. The SMILES string of the molecule is CCC(NC(=O)N1CCCN(c2ccccc2F)CC1)c1c(C)nn(C)c1C. The number of hydrogen-bond donors (Lipinski definition) is 1. The van der Waals surface area contributed by atoms with Gasteiger partial charge in [0.05, 0.1) is 17.4 Å². The van der Waals surface area contributed by atoms with Gasteiger partial charge >= 0.3 is 6.03 Å². The van der Waals surface area contributed by atoms with E-state index in [1.165, 1.54) is 6.07 Å². The van der Waals surface area contributed by atoms with E-state index in [0.717, 1.165) is 36.3 Å². The molecule has 1 unspecified atom stereocenters. The molecular weight excluding hydrogens is 357 g/mol. The highest BCUT2D eigenvalue weighted by Gasteiger charge is 2.25. The largest absolute Gasteiger partial charge is 0.367 e. The topological polar surface area (TPSA) is 53.4 Å². The van der Waals surface area contributed by atoms with E-state index in [2.05, 4.69) is 17.3 Å². The number of amides is 2. The van der Waals surface area contributed by atoms with Crippen LogP contribution in [0.15, 0.2) is 24.3 Å². The highest BCUT2D eigenvalue weighted by molar-refractivity contribution is 5.75. The predicted molar refractivity (Wildman–Crippen MR) is 109 cm³/mol. The van der Waals surface area contributed by atoms with Crippen LogP contribution in [0, 0.1) is 19.7 Å². The molecule has 0 saturated carbocycles. The van der Waals surface area contributed by atoms with Crippen molar-refractivity contribution >= 4 is 11.7 Å². The van der Waals surface area contributed by atoms with Crippen molar-refractivity contribution in [1.82, 2.24) is 20.0 Å². The minimum atomic E-state index is -0.214. The van der Waals surface area contributed by atoms with Gasteiger partial charge in [-0.05, 0) is 38.8 Å². The lowest BCUT2D eigenvalue weighted by molar-refractivity contribution is 0.197. The number of aromatic nitrogens is 2. The fourth-order valence-electron chi connectivity index (χ4n) is 3.98. The predicted octanol–water partition coefficient (Wildman–Crippen LogP) is 3.55. The van der Waals surface area contributed by atoms with Gasteiger partial charge in [0.25, 0.3) is 0 Å². The Morgan fingerprint density at radius 1 is 1.21 bits per heavy atom. The third-order valence-electron chi connectivity index (χ3n) is 5.60. The molecule has 7 heteroatoms. The minimum absolute atomic E-state index is 0.0628. The van der Waals surface area contributed by atoms with Crippen molar-refractivity contribution in [1.29, 1.82) is 0 Å². The van der Waals surface area contributed by atoms with Crippen LogP contribution in [-0.4, -0.2) is 46.9 Å². The Morgan fingerprint density at radius 3 is 2.61 bits per heavy atom. The molecule has 0 bridgehead atoms. The second kappa shape index (κ2) is 8.63. The zero-order valence-corrected chi connectivity index (χ0v) is 17.2. The average molecular weight is 388 g/mol. The molecule has 28 heavy (non-hydrogen) atoms. The highest BCUT2D eigenvalue weighted by Crippen LogP contribution is 2.24. The number of carbonyl (C=O) groups is 1. The summed E-state index contributed by atoms with van der Waals surface area (Å²) in [6.45, 7) is 8.68. The molecule has 6 nitrogen and oxygen atoms in total. The number of halogens is 1. The Balaban J connectivity index is 1.67. The number of hydrogen-bond acceptors (Lipinski definition) is 3. The zero-order chi connectivity index (χ0) is 20.3. The fraction of sp³-hybridized carbons (Fsp3) is 0.524. The molecule has 1 saturated heterocycles. The van der Waals surface area contributed by atoms with Crippen molar-refractivity contribution in [3.8, 4) is 0 Å². The lowest BCUT2D eigenvalue weighted by Gasteiger charge is -2.26. The second-order valence-electron chi connectivity index (χ2n) is 7.40. The van der Waals surface area contributed by atoms with Crippen LogP contribution >= 0.6 is 0 Å². The van der Waals surface area contributed by atoms with Crippen molar-refractivity contribution in [2.45, 2.75) is 39.7 Å². The molecule has 1 fully saturated rings. The molecule has 1 N–H and O–H groups in total. The lowest BCUT2D eigenvalue weighted by atomic mass is 10.0. The Labute approximate surface area is 166 Å². The monoisotopic (exact) mass is 387 g/mol. The number of carbonyl (C=O) groups excluding carboxylic acids is 1. The second-order valence-corrected chi connectivity index (χ2v) is 7.40. The van der Waals surface area contributed by atoms with E-state index < -0.39 is 0 Å². The first-order valence-electron chi connectivity index (χ1n) is 9.97. The van der Waals surface area contributed by atoms with Crippen LogP contribution in [0.1, 0.15) is 42.8 Å². The van der Waals surface area contributed by atoms with Gasteiger partial charge < -0.3 is 15.1 Å².